The van der Waals surface area contributed by atoms with Crippen molar-refractivity contribution in [3.63, 3.8) is 0 Å². The van der Waals surface area contributed by atoms with Gasteiger partial charge in [-0.1, -0.05) is 11.6 Å². The van der Waals surface area contributed by atoms with Crippen LogP contribution >= 0.6 is 11.6 Å². The van der Waals surface area contributed by atoms with Gasteiger partial charge in [-0.2, -0.15) is 0 Å². The van der Waals surface area contributed by atoms with Gasteiger partial charge in [0.1, 0.15) is 17.4 Å². The molecule has 2 aromatic carbocycles. The number of halogens is 1. The topological polar surface area (TPSA) is 110 Å². The van der Waals surface area contributed by atoms with Crippen molar-refractivity contribution in [3.05, 3.63) is 70.6 Å². The fraction of sp³-hybridized carbons (Fsp3) is 0.227. The summed E-state index contributed by atoms with van der Waals surface area (Å²) in [4.78, 5) is 20.7. The van der Waals surface area contributed by atoms with E-state index in [1.807, 2.05) is 6.92 Å². The zero-order valence-electron chi connectivity index (χ0n) is 18.0. The summed E-state index contributed by atoms with van der Waals surface area (Å²) in [5, 5.41) is 3.29. The number of nitrogens with zero attached hydrogens (tertiary/aromatic N) is 2. The van der Waals surface area contributed by atoms with Gasteiger partial charge >= 0.3 is 0 Å². The lowest BCUT2D eigenvalue weighted by molar-refractivity contribution is -0.122. The Kier molecular flexibility index (Phi) is 7.00. The third-order valence-corrected chi connectivity index (χ3v) is 6.05. The molecule has 0 saturated heterocycles. The highest BCUT2D eigenvalue weighted by Gasteiger charge is 2.18. The molecular weight excluding hydrogens is 452 g/mol. The quantitative estimate of drug-likeness (QED) is 0.529. The molecule has 0 aliphatic heterocycles. The standard InChI is InChI=1S/C22H23ClN4O4S/c1-13-11-17(23)5-10-20(13)31-15(3)22(28)26-18-6-8-19(9-7-18)32(29,30)27-21-12-14(2)24-16(4)25-21/h5-12,15H,1-4H3,(H,26,28)(H,24,25,27)/t15-/m1/s1. The largest absolute Gasteiger partial charge is 0.481 e. The summed E-state index contributed by atoms with van der Waals surface area (Å²) >= 11 is 5.94. The maximum atomic E-state index is 12.6. The van der Waals surface area contributed by atoms with E-state index in [0.29, 0.717) is 28.0 Å². The molecule has 1 amide bonds. The summed E-state index contributed by atoms with van der Waals surface area (Å²) in [6.07, 6.45) is -0.774. The molecule has 0 saturated carbocycles. The van der Waals surface area contributed by atoms with Crippen LogP contribution in [0.3, 0.4) is 0 Å². The predicted molar refractivity (Wildman–Crippen MR) is 124 cm³/mol. The Morgan fingerprint density at radius 3 is 2.34 bits per heavy atom. The minimum atomic E-state index is -3.85. The fourth-order valence-electron chi connectivity index (χ4n) is 2.92. The molecule has 3 aromatic rings. The number of carbonyl (C=O) groups excluding carboxylic acids is 1. The Bertz CT molecular complexity index is 1230. The van der Waals surface area contributed by atoms with Gasteiger partial charge in [0.05, 0.1) is 4.90 Å². The Labute approximate surface area is 192 Å². The number of aryl methyl sites for hydroxylation is 3. The van der Waals surface area contributed by atoms with E-state index in [2.05, 4.69) is 20.0 Å². The average Bonchev–Trinajstić information content (AvgIpc) is 2.69. The van der Waals surface area contributed by atoms with Crippen LogP contribution in [-0.2, 0) is 14.8 Å². The number of benzene rings is 2. The average molecular weight is 475 g/mol. The number of ether oxygens (including phenoxy) is 1. The van der Waals surface area contributed by atoms with E-state index in [1.54, 1.807) is 45.0 Å². The van der Waals surface area contributed by atoms with E-state index in [9.17, 15) is 13.2 Å². The molecule has 32 heavy (non-hydrogen) atoms. The highest BCUT2D eigenvalue weighted by atomic mass is 35.5. The zero-order chi connectivity index (χ0) is 23.5. The summed E-state index contributed by atoms with van der Waals surface area (Å²) in [6, 6.07) is 12.5. The van der Waals surface area contributed by atoms with Crippen LogP contribution in [0.25, 0.3) is 0 Å². The van der Waals surface area contributed by atoms with Gasteiger partial charge in [-0.25, -0.2) is 18.4 Å². The minimum Gasteiger partial charge on any atom is -0.481 e. The molecule has 0 bridgehead atoms. The second-order valence-corrected chi connectivity index (χ2v) is 9.35. The second kappa shape index (κ2) is 9.54. The van der Waals surface area contributed by atoms with E-state index < -0.39 is 16.1 Å². The van der Waals surface area contributed by atoms with Crippen molar-refractivity contribution in [3.8, 4) is 5.75 Å². The number of sulfonamides is 1. The Hall–Kier alpha value is -3.17. The number of amides is 1. The van der Waals surface area contributed by atoms with Crippen molar-refractivity contribution >= 4 is 39.0 Å². The van der Waals surface area contributed by atoms with Crippen LogP contribution in [0.5, 0.6) is 5.75 Å². The summed E-state index contributed by atoms with van der Waals surface area (Å²) < 4.78 is 33.4. The van der Waals surface area contributed by atoms with Crippen LogP contribution in [0.2, 0.25) is 5.02 Å². The van der Waals surface area contributed by atoms with Crippen molar-refractivity contribution in [1.82, 2.24) is 9.97 Å². The van der Waals surface area contributed by atoms with Crippen molar-refractivity contribution < 1.29 is 17.9 Å². The Balaban J connectivity index is 1.66. The third kappa shape index (κ3) is 5.95. The van der Waals surface area contributed by atoms with Crippen LogP contribution in [-0.4, -0.2) is 30.4 Å². The number of nitrogens with one attached hydrogen (secondary N) is 2. The van der Waals surface area contributed by atoms with Gasteiger partial charge < -0.3 is 10.1 Å². The zero-order valence-corrected chi connectivity index (χ0v) is 19.6. The number of hydrogen-bond acceptors (Lipinski definition) is 6. The number of rotatable bonds is 7. The number of aromatic nitrogens is 2. The van der Waals surface area contributed by atoms with E-state index in [1.165, 1.54) is 24.3 Å². The monoisotopic (exact) mass is 474 g/mol. The molecule has 1 atom stereocenters. The summed E-state index contributed by atoms with van der Waals surface area (Å²) in [6.45, 7) is 6.89. The molecule has 2 N–H and O–H groups in total. The first-order valence-electron chi connectivity index (χ1n) is 9.72. The molecule has 1 aromatic heterocycles. The second-order valence-electron chi connectivity index (χ2n) is 7.23. The molecule has 0 radical (unpaired) electrons. The lowest BCUT2D eigenvalue weighted by Crippen LogP contribution is -2.30. The van der Waals surface area contributed by atoms with Crippen LogP contribution in [0.1, 0.15) is 24.0 Å². The van der Waals surface area contributed by atoms with Crippen LogP contribution < -0.4 is 14.8 Å². The van der Waals surface area contributed by atoms with Gasteiger partial charge in [-0.3, -0.25) is 9.52 Å². The molecule has 8 nitrogen and oxygen atoms in total. The molecular formula is C22H23ClN4O4S. The van der Waals surface area contributed by atoms with Gasteiger partial charge in [-0.05, 0) is 75.7 Å². The van der Waals surface area contributed by atoms with Crippen molar-refractivity contribution in [2.75, 3.05) is 10.0 Å². The van der Waals surface area contributed by atoms with Crippen LogP contribution in [0.15, 0.2) is 53.4 Å². The van der Waals surface area contributed by atoms with Crippen molar-refractivity contribution in [1.29, 1.82) is 0 Å². The molecule has 1 heterocycles. The van der Waals surface area contributed by atoms with Gasteiger partial charge in [0.25, 0.3) is 15.9 Å². The summed E-state index contributed by atoms with van der Waals surface area (Å²) in [7, 11) is -3.85. The fourth-order valence-corrected chi connectivity index (χ4v) is 4.13. The molecule has 0 unspecified atom stereocenters. The minimum absolute atomic E-state index is 0.0329. The van der Waals surface area contributed by atoms with Gasteiger partial charge in [0, 0.05) is 22.5 Å². The first kappa shape index (κ1) is 23.5. The van der Waals surface area contributed by atoms with E-state index in [0.717, 1.165) is 5.56 Å². The first-order valence-corrected chi connectivity index (χ1v) is 11.6. The maximum absolute atomic E-state index is 12.6. The lowest BCUT2D eigenvalue weighted by atomic mass is 10.2. The van der Waals surface area contributed by atoms with Crippen LogP contribution in [0, 0.1) is 20.8 Å². The molecule has 0 spiro atoms. The molecule has 3 rings (SSSR count). The Morgan fingerprint density at radius 1 is 1.03 bits per heavy atom. The highest BCUT2D eigenvalue weighted by Crippen LogP contribution is 2.23. The van der Waals surface area contributed by atoms with Gasteiger partial charge in [0.15, 0.2) is 6.10 Å². The van der Waals surface area contributed by atoms with Gasteiger partial charge in [-0.15, -0.1) is 0 Å². The van der Waals surface area contributed by atoms with Crippen LogP contribution in [0.4, 0.5) is 11.5 Å². The molecule has 0 aliphatic carbocycles. The molecule has 0 fully saturated rings. The number of anilines is 2. The highest BCUT2D eigenvalue weighted by molar-refractivity contribution is 7.92. The smallest absolute Gasteiger partial charge is 0.265 e. The Morgan fingerprint density at radius 2 is 1.72 bits per heavy atom. The lowest BCUT2D eigenvalue weighted by Gasteiger charge is -2.16. The summed E-state index contributed by atoms with van der Waals surface area (Å²) in [5.41, 5.74) is 1.90. The van der Waals surface area contributed by atoms with Gasteiger partial charge in [0.2, 0.25) is 0 Å². The maximum Gasteiger partial charge on any atom is 0.265 e. The van der Waals surface area contributed by atoms with Crippen molar-refractivity contribution in [2.45, 2.75) is 38.7 Å². The predicted octanol–water partition coefficient (Wildman–Crippen LogP) is 4.26. The number of carbonyl (C=O) groups is 1. The normalized spacial score (nSPS) is 12.2. The molecule has 10 heteroatoms. The van der Waals surface area contributed by atoms with E-state index in [4.69, 9.17) is 16.3 Å². The SMILES string of the molecule is Cc1cc(NS(=O)(=O)c2ccc(NC(=O)[C@@H](C)Oc3ccc(Cl)cc3C)cc2)nc(C)n1. The molecule has 168 valence electrons. The van der Waals surface area contributed by atoms with E-state index >= 15 is 0 Å². The number of hydrogen-bond donors (Lipinski definition) is 2. The van der Waals surface area contributed by atoms with Crippen molar-refractivity contribution in [2.24, 2.45) is 0 Å². The van der Waals surface area contributed by atoms with E-state index in [-0.39, 0.29) is 16.6 Å². The third-order valence-electron chi connectivity index (χ3n) is 4.45. The summed E-state index contributed by atoms with van der Waals surface area (Å²) in [5.74, 6) is 0.835. The molecule has 0 aliphatic rings. The first-order chi connectivity index (χ1) is 15.0.